The molecular formula is C20H35IN4O2S. The second-order valence-corrected chi connectivity index (χ2v) is 10.9. The average Bonchev–Trinajstić information content (AvgIpc) is 3.11. The minimum atomic E-state index is -3.13. The van der Waals surface area contributed by atoms with Crippen molar-refractivity contribution in [1.29, 1.82) is 0 Å². The first-order valence-corrected chi connectivity index (χ1v) is 11.3. The SMILES string of the molecule is CN=C(NCCS(=O)(=O)C(C)(C)C)NCc1ccc(CN2CCCC2)cc1.I. The van der Waals surface area contributed by atoms with Gasteiger partial charge >= 0.3 is 0 Å². The summed E-state index contributed by atoms with van der Waals surface area (Å²) in [5.41, 5.74) is 2.51. The molecule has 0 bridgehead atoms. The number of likely N-dealkylation sites (tertiary alicyclic amines) is 1. The number of hydrogen-bond acceptors (Lipinski definition) is 4. The predicted octanol–water partition coefficient (Wildman–Crippen LogP) is 2.78. The van der Waals surface area contributed by atoms with Gasteiger partial charge in [0.1, 0.15) is 0 Å². The fourth-order valence-corrected chi connectivity index (χ4v) is 3.96. The van der Waals surface area contributed by atoms with Crippen LogP contribution in [0.25, 0.3) is 0 Å². The molecule has 0 atom stereocenters. The molecule has 0 aromatic heterocycles. The van der Waals surface area contributed by atoms with Gasteiger partial charge in [-0.05, 0) is 57.8 Å². The summed E-state index contributed by atoms with van der Waals surface area (Å²) >= 11 is 0. The second-order valence-electron chi connectivity index (χ2n) is 8.08. The lowest BCUT2D eigenvalue weighted by Gasteiger charge is -2.20. The van der Waals surface area contributed by atoms with Gasteiger partial charge in [-0.15, -0.1) is 24.0 Å². The lowest BCUT2D eigenvalue weighted by atomic mass is 10.1. The number of rotatable bonds is 7. The summed E-state index contributed by atoms with van der Waals surface area (Å²) in [6.45, 7) is 9.60. The van der Waals surface area contributed by atoms with Gasteiger partial charge < -0.3 is 10.6 Å². The van der Waals surface area contributed by atoms with Crippen LogP contribution in [0.2, 0.25) is 0 Å². The van der Waals surface area contributed by atoms with Gasteiger partial charge in [0.25, 0.3) is 0 Å². The van der Waals surface area contributed by atoms with Crippen molar-refractivity contribution < 1.29 is 8.42 Å². The molecule has 160 valence electrons. The Morgan fingerprint density at radius 2 is 1.64 bits per heavy atom. The maximum Gasteiger partial charge on any atom is 0.191 e. The number of aliphatic imine (C=N–C) groups is 1. The van der Waals surface area contributed by atoms with Gasteiger partial charge in [0.2, 0.25) is 0 Å². The van der Waals surface area contributed by atoms with Crippen LogP contribution in [0.5, 0.6) is 0 Å². The van der Waals surface area contributed by atoms with Crippen molar-refractivity contribution in [1.82, 2.24) is 15.5 Å². The van der Waals surface area contributed by atoms with E-state index in [1.807, 2.05) is 0 Å². The van der Waals surface area contributed by atoms with Crippen LogP contribution >= 0.6 is 24.0 Å². The fourth-order valence-electron chi connectivity index (χ4n) is 2.98. The first kappa shape index (κ1) is 25.2. The molecule has 0 spiro atoms. The fraction of sp³-hybridized carbons (Fsp3) is 0.650. The molecular weight excluding hydrogens is 487 g/mol. The van der Waals surface area contributed by atoms with Crippen LogP contribution in [-0.2, 0) is 22.9 Å². The largest absolute Gasteiger partial charge is 0.355 e. The highest BCUT2D eigenvalue weighted by molar-refractivity contribution is 14.0. The third-order valence-corrected chi connectivity index (χ3v) is 7.52. The maximum atomic E-state index is 12.2. The van der Waals surface area contributed by atoms with E-state index < -0.39 is 14.6 Å². The van der Waals surface area contributed by atoms with E-state index >= 15 is 0 Å². The third kappa shape index (κ3) is 7.87. The molecule has 1 fully saturated rings. The lowest BCUT2D eigenvalue weighted by Crippen LogP contribution is -2.41. The van der Waals surface area contributed by atoms with Gasteiger partial charge in [0.15, 0.2) is 15.8 Å². The summed E-state index contributed by atoms with van der Waals surface area (Å²) in [4.78, 5) is 6.65. The van der Waals surface area contributed by atoms with Gasteiger partial charge in [-0.1, -0.05) is 24.3 Å². The molecule has 0 radical (unpaired) electrons. The molecule has 1 saturated heterocycles. The van der Waals surface area contributed by atoms with Crippen molar-refractivity contribution in [2.24, 2.45) is 4.99 Å². The molecule has 1 aromatic rings. The molecule has 1 aromatic carbocycles. The van der Waals surface area contributed by atoms with Crippen LogP contribution in [0.15, 0.2) is 29.3 Å². The van der Waals surface area contributed by atoms with Gasteiger partial charge in [0.05, 0.1) is 10.5 Å². The number of benzene rings is 1. The van der Waals surface area contributed by atoms with E-state index in [0.717, 1.165) is 6.54 Å². The molecule has 0 amide bonds. The summed E-state index contributed by atoms with van der Waals surface area (Å²) in [6.07, 6.45) is 2.62. The van der Waals surface area contributed by atoms with Crippen molar-refractivity contribution in [3.05, 3.63) is 35.4 Å². The van der Waals surface area contributed by atoms with Crippen molar-refractivity contribution in [3.63, 3.8) is 0 Å². The van der Waals surface area contributed by atoms with E-state index in [4.69, 9.17) is 0 Å². The van der Waals surface area contributed by atoms with Gasteiger partial charge in [-0.25, -0.2) is 8.42 Å². The van der Waals surface area contributed by atoms with Crippen LogP contribution in [0, 0.1) is 0 Å². The molecule has 0 saturated carbocycles. The van der Waals surface area contributed by atoms with Crippen LogP contribution in [0.3, 0.4) is 0 Å². The van der Waals surface area contributed by atoms with Crippen molar-refractivity contribution in [2.75, 3.05) is 32.4 Å². The van der Waals surface area contributed by atoms with E-state index in [0.29, 0.717) is 19.0 Å². The number of nitrogens with zero attached hydrogens (tertiary/aromatic N) is 2. The zero-order valence-corrected chi connectivity index (χ0v) is 20.6. The van der Waals surface area contributed by atoms with E-state index in [9.17, 15) is 8.42 Å². The Kier molecular flexibility index (Phi) is 10.2. The third-order valence-electron chi connectivity index (χ3n) is 4.91. The summed E-state index contributed by atoms with van der Waals surface area (Å²) in [6, 6.07) is 8.63. The molecule has 8 heteroatoms. The highest BCUT2D eigenvalue weighted by Crippen LogP contribution is 2.15. The van der Waals surface area contributed by atoms with Gasteiger partial charge in [-0.3, -0.25) is 9.89 Å². The Bertz CT molecular complexity index is 722. The van der Waals surface area contributed by atoms with E-state index in [1.54, 1.807) is 27.8 Å². The molecule has 1 aliphatic rings. The topological polar surface area (TPSA) is 73.8 Å². The Hall–Kier alpha value is -0.870. The van der Waals surface area contributed by atoms with Crippen LogP contribution in [0.4, 0.5) is 0 Å². The Morgan fingerprint density at radius 1 is 1.07 bits per heavy atom. The van der Waals surface area contributed by atoms with Crippen molar-refractivity contribution in [2.45, 2.75) is 51.4 Å². The minimum Gasteiger partial charge on any atom is -0.355 e. The molecule has 28 heavy (non-hydrogen) atoms. The molecule has 1 aliphatic heterocycles. The summed E-state index contributed by atoms with van der Waals surface area (Å²) in [7, 11) is -1.45. The zero-order valence-electron chi connectivity index (χ0n) is 17.5. The van der Waals surface area contributed by atoms with E-state index in [1.165, 1.54) is 37.1 Å². The van der Waals surface area contributed by atoms with Crippen LogP contribution < -0.4 is 10.6 Å². The van der Waals surface area contributed by atoms with E-state index in [-0.39, 0.29) is 29.7 Å². The summed E-state index contributed by atoms with van der Waals surface area (Å²) in [5, 5.41) is 6.32. The number of nitrogens with one attached hydrogen (secondary N) is 2. The monoisotopic (exact) mass is 522 g/mol. The van der Waals surface area contributed by atoms with Crippen molar-refractivity contribution >= 4 is 39.8 Å². The molecule has 0 unspecified atom stereocenters. The lowest BCUT2D eigenvalue weighted by molar-refractivity contribution is 0.331. The summed E-state index contributed by atoms with van der Waals surface area (Å²) < 4.78 is 23.6. The highest BCUT2D eigenvalue weighted by Gasteiger charge is 2.28. The van der Waals surface area contributed by atoms with Crippen LogP contribution in [0.1, 0.15) is 44.7 Å². The van der Waals surface area contributed by atoms with E-state index in [2.05, 4.69) is 44.8 Å². The summed E-state index contributed by atoms with van der Waals surface area (Å²) in [5.74, 6) is 0.697. The first-order valence-electron chi connectivity index (χ1n) is 9.68. The quantitative estimate of drug-likeness (QED) is 0.328. The van der Waals surface area contributed by atoms with Gasteiger partial charge in [-0.2, -0.15) is 0 Å². The Balaban J connectivity index is 0.00000392. The normalized spacial score (nSPS) is 15.9. The standard InChI is InChI=1S/C20H34N4O2S.HI/c1-20(2,3)27(25,26)14-11-22-19(21-4)23-15-17-7-9-18(10-8-17)16-24-12-5-6-13-24;/h7-10H,5-6,11-16H2,1-4H3,(H2,21,22,23);1H. The molecule has 2 rings (SSSR count). The number of sulfone groups is 1. The number of guanidine groups is 1. The Labute approximate surface area is 187 Å². The minimum absolute atomic E-state index is 0. The van der Waals surface area contributed by atoms with Gasteiger partial charge in [0, 0.05) is 26.7 Å². The molecule has 0 aliphatic carbocycles. The molecule has 6 nitrogen and oxygen atoms in total. The van der Waals surface area contributed by atoms with Crippen molar-refractivity contribution in [3.8, 4) is 0 Å². The average molecular weight is 522 g/mol. The smallest absolute Gasteiger partial charge is 0.191 e. The number of hydrogen-bond donors (Lipinski definition) is 2. The Morgan fingerprint density at radius 3 is 2.18 bits per heavy atom. The zero-order chi connectivity index (χ0) is 19.9. The predicted molar refractivity (Wildman–Crippen MR) is 128 cm³/mol. The number of halogens is 1. The maximum absolute atomic E-state index is 12.2. The van der Waals surface area contributed by atoms with Crippen LogP contribution in [-0.4, -0.2) is 56.5 Å². The molecule has 1 heterocycles. The second kappa shape index (κ2) is 11.3. The molecule has 2 N–H and O–H groups in total. The first-order chi connectivity index (χ1) is 12.7. The highest BCUT2D eigenvalue weighted by atomic mass is 127.